The lowest BCUT2D eigenvalue weighted by Crippen LogP contribution is -2.50. The molecule has 0 bridgehead atoms. The Kier molecular flexibility index (Phi) is 4.79. The van der Waals surface area contributed by atoms with Gasteiger partial charge in [0, 0.05) is 43.6 Å². The SMILES string of the molecule is CC(C)c1ccc(N2CCN(C(=O)Nc3ccc4c(c3)OCO4)CC2)cc1. The van der Waals surface area contributed by atoms with Crippen LogP contribution in [0.4, 0.5) is 16.2 Å². The van der Waals surface area contributed by atoms with Crippen LogP contribution in [0.2, 0.25) is 0 Å². The number of anilines is 2. The monoisotopic (exact) mass is 367 g/mol. The number of piperazine rings is 1. The molecule has 0 aromatic heterocycles. The van der Waals surface area contributed by atoms with Crippen LogP contribution in [0.5, 0.6) is 11.5 Å². The normalized spacial score (nSPS) is 16.0. The van der Waals surface area contributed by atoms with Gasteiger partial charge in [0.2, 0.25) is 6.79 Å². The number of urea groups is 1. The van der Waals surface area contributed by atoms with Crippen LogP contribution in [0.1, 0.15) is 25.3 Å². The molecule has 0 radical (unpaired) electrons. The van der Waals surface area contributed by atoms with Gasteiger partial charge in [-0.15, -0.1) is 0 Å². The summed E-state index contributed by atoms with van der Waals surface area (Å²) in [6.07, 6.45) is 0. The van der Waals surface area contributed by atoms with Gasteiger partial charge in [-0.05, 0) is 35.7 Å². The fourth-order valence-electron chi connectivity index (χ4n) is 3.41. The van der Waals surface area contributed by atoms with E-state index in [0.29, 0.717) is 30.5 Å². The zero-order chi connectivity index (χ0) is 18.8. The summed E-state index contributed by atoms with van der Waals surface area (Å²) < 4.78 is 10.7. The lowest BCUT2D eigenvalue weighted by atomic mass is 10.0. The van der Waals surface area contributed by atoms with Gasteiger partial charge >= 0.3 is 6.03 Å². The first-order valence-corrected chi connectivity index (χ1v) is 9.40. The minimum absolute atomic E-state index is 0.0799. The molecule has 0 spiro atoms. The highest BCUT2D eigenvalue weighted by Gasteiger charge is 2.22. The molecule has 2 aromatic carbocycles. The molecule has 2 amide bonds. The number of nitrogens with one attached hydrogen (secondary N) is 1. The number of nitrogens with zero attached hydrogens (tertiary/aromatic N) is 2. The maximum atomic E-state index is 12.6. The van der Waals surface area contributed by atoms with Gasteiger partial charge in [-0.3, -0.25) is 0 Å². The first-order chi connectivity index (χ1) is 13.1. The van der Waals surface area contributed by atoms with Gasteiger partial charge in [0.25, 0.3) is 0 Å². The number of fused-ring (bicyclic) bond motifs is 1. The molecule has 1 N–H and O–H groups in total. The summed E-state index contributed by atoms with van der Waals surface area (Å²) in [5.41, 5.74) is 3.28. The highest BCUT2D eigenvalue weighted by molar-refractivity contribution is 5.90. The van der Waals surface area contributed by atoms with E-state index in [9.17, 15) is 4.79 Å². The van der Waals surface area contributed by atoms with Crippen LogP contribution in [0.15, 0.2) is 42.5 Å². The summed E-state index contributed by atoms with van der Waals surface area (Å²) in [4.78, 5) is 16.7. The zero-order valence-corrected chi connectivity index (χ0v) is 15.8. The Morgan fingerprint density at radius 3 is 2.37 bits per heavy atom. The van der Waals surface area contributed by atoms with Crippen molar-refractivity contribution < 1.29 is 14.3 Å². The molecule has 0 aliphatic carbocycles. The summed E-state index contributed by atoms with van der Waals surface area (Å²) in [6, 6.07) is 14.1. The molecule has 2 heterocycles. The van der Waals surface area contributed by atoms with Gasteiger partial charge in [0.15, 0.2) is 11.5 Å². The quantitative estimate of drug-likeness (QED) is 0.894. The van der Waals surface area contributed by atoms with Crippen LogP contribution < -0.4 is 19.7 Å². The topological polar surface area (TPSA) is 54.0 Å². The summed E-state index contributed by atoms with van der Waals surface area (Å²) in [5, 5.41) is 2.95. The van der Waals surface area contributed by atoms with Crippen molar-refractivity contribution in [2.45, 2.75) is 19.8 Å². The van der Waals surface area contributed by atoms with E-state index < -0.39 is 0 Å². The molecule has 0 saturated carbocycles. The average molecular weight is 367 g/mol. The number of amides is 2. The molecule has 142 valence electrons. The van der Waals surface area contributed by atoms with Crippen molar-refractivity contribution in [3.8, 4) is 11.5 Å². The van der Waals surface area contributed by atoms with E-state index in [-0.39, 0.29) is 12.8 Å². The van der Waals surface area contributed by atoms with Crippen molar-refractivity contribution in [3.05, 3.63) is 48.0 Å². The van der Waals surface area contributed by atoms with E-state index in [4.69, 9.17) is 9.47 Å². The van der Waals surface area contributed by atoms with Gasteiger partial charge < -0.3 is 24.6 Å². The average Bonchev–Trinajstić information content (AvgIpc) is 3.16. The van der Waals surface area contributed by atoms with Crippen LogP contribution in [-0.4, -0.2) is 43.9 Å². The molecule has 6 nitrogen and oxygen atoms in total. The summed E-state index contributed by atoms with van der Waals surface area (Å²) in [7, 11) is 0. The largest absolute Gasteiger partial charge is 0.454 e. The first kappa shape index (κ1) is 17.5. The van der Waals surface area contributed by atoms with Crippen molar-refractivity contribution in [2.24, 2.45) is 0 Å². The maximum absolute atomic E-state index is 12.6. The van der Waals surface area contributed by atoms with Crippen molar-refractivity contribution >= 4 is 17.4 Å². The van der Waals surface area contributed by atoms with E-state index in [2.05, 4.69) is 48.3 Å². The second kappa shape index (κ2) is 7.39. The van der Waals surface area contributed by atoms with Crippen LogP contribution >= 0.6 is 0 Å². The predicted octanol–water partition coefficient (Wildman–Crippen LogP) is 3.89. The molecule has 6 heteroatoms. The standard InChI is InChI=1S/C21H25N3O3/c1-15(2)16-3-6-18(7-4-16)23-9-11-24(12-10-23)21(25)22-17-5-8-19-20(13-17)27-14-26-19/h3-8,13,15H,9-12,14H2,1-2H3,(H,22,25). The number of rotatable bonds is 3. The molecule has 1 fully saturated rings. The summed E-state index contributed by atoms with van der Waals surface area (Å²) >= 11 is 0. The number of carbonyl (C=O) groups excluding carboxylic acids is 1. The zero-order valence-electron chi connectivity index (χ0n) is 15.8. The van der Waals surface area contributed by atoms with Crippen LogP contribution in [-0.2, 0) is 0 Å². The minimum atomic E-state index is -0.0799. The number of benzene rings is 2. The van der Waals surface area contributed by atoms with Crippen molar-refractivity contribution in [3.63, 3.8) is 0 Å². The minimum Gasteiger partial charge on any atom is -0.454 e. The molecular formula is C21H25N3O3. The van der Waals surface area contributed by atoms with Gasteiger partial charge in [-0.25, -0.2) is 4.79 Å². The third-order valence-electron chi connectivity index (χ3n) is 5.12. The highest BCUT2D eigenvalue weighted by atomic mass is 16.7. The molecule has 2 aliphatic rings. The summed E-state index contributed by atoms with van der Waals surface area (Å²) in [6.45, 7) is 7.68. The Labute approximate surface area is 159 Å². The number of ether oxygens (including phenoxy) is 2. The molecule has 2 aliphatic heterocycles. The molecule has 1 saturated heterocycles. The molecule has 0 unspecified atom stereocenters. The van der Waals surface area contributed by atoms with Gasteiger partial charge in [-0.2, -0.15) is 0 Å². The smallest absolute Gasteiger partial charge is 0.321 e. The number of hydrogen-bond donors (Lipinski definition) is 1. The highest BCUT2D eigenvalue weighted by Crippen LogP contribution is 2.34. The third-order valence-corrected chi connectivity index (χ3v) is 5.12. The van der Waals surface area contributed by atoms with Gasteiger partial charge in [0.05, 0.1) is 0 Å². The first-order valence-electron chi connectivity index (χ1n) is 9.40. The second-order valence-corrected chi connectivity index (χ2v) is 7.22. The van der Waals surface area contributed by atoms with E-state index in [0.717, 1.165) is 18.8 Å². The van der Waals surface area contributed by atoms with Crippen molar-refractivity contribution in [1.29, 1.82) is 0 Å². The molecule has 27 heavy (non-hydrogen) atoms. The van der Waals surface area contributed by atoms with Crippen LogP contribution in [0.3, 0.4) is 0 Å². The molecular weight excluding hydrogens is 342 g/mol. The Balaban J connectivity index is 1.32. The maximum Gasteiger partial charge on any atom is 0.321 e. The lowest BCUT2D eigenvalue weighted by molar-refractivity contribution is 0.174. The fourth-order valence-corrected chi connectivity index (χ4v) is 3.41. The number of hydrogen-bond acceptors (Lipinski definition) is 4. The fraction of sp³-hybridized carbons (Fsp3) is 0.381. The third kappa shape index (κ3) is 3.79. The van der Waals surface area contributed by atoms with E-state index in [1.807, 2.05) is 17.0 Å². The Hall–Kier alpha value is -2.89. The molecule has 4 rings (SSSR count). The van der Waals surface area contributed by atoms with Crippen LogP contribution in [0.25, 0.3) is 0 Å². The Bertz CT molecular complexity index is 812. The molecule has 0 atom stereocenters. The van der Waals surface area contributed by atoms with E-state index in [1.54, 1.807) is 6.07 Å². The molecule has 2 aromatic rings. The van der Waals surface area contributed by atoms with E-state index >= 15 is 0 Å². The van der Waals surface area contributed by atoms with Crippen molar-refractivity contribution in [1.82, 2.24) is 4.90 Å². The Morgan fingerprint density at radius 1 is 0.963 bits per heavy atom. The summed E-state index contributed by atoms with van der Waals surface area (Å²) in [5.74, 6) is 1.92. The predicted molar refractivity (Wildman–Crippen MR) is 106 cm³/mol. The van der Waals surface area contributed by atoms with Crippen LogP contribution in [0, 0.1) is 0 Å². The van der Waals surface area contributed by atoms with Gasteiger partial charge in [0.1, 0.15) is 0 Å². The second-order valence-electron chi connectivity index (χ2n) is 7.22. The lowest BCUT2D eigenvalue weighted by Gasteiger charge is -2.36. The van der Waals surface area contributed by atoms with E-state index in [1.165, 1.54) is 11.3 Å². The number of carbonyl (C=O) groups is 1. The Morgan fingerprint density at radius 2 is 1.67 bits per heavy atom. The van der Waals surface area contributed by atoms with Gasteiger partial charge in [-0.1, -0.05) is 26.0 Å². The van der Waals surface area contributed by atoms with Crippen molar-refractivity contribution in [2.75, 3.05) is 43.2 Å².